The van der Waals surface area contributed by atoms with Crippen LogP contribution in [0, 0.1) is 0 Å². The Bertz CT molecular complexity index is 781. The molecular weight excluding hydrogens is 326 g/mol. The van der Waals surface area contributed by atoms with Gasteiger partial charge in [-0.3, -0.25) is 4.79 Å². The van der Waals surface area contributed by atoms with Crippen LogP contribution in [-0.4, -0.2) is 64.9 Å². The summed E-state index contributed by atoms with van der Waals surface area (Å²) in [6.45, 7) is 7.49. The number of fused-ring (bicyclic) bond motifs is 1. The molecular formula is C20H27N5O. The Labute approximate surface area is 154 Å². The zero-order valence-electron chi connectivity index (χ0n) is 15.4. The molecule has 2 heterocycles. The Kier molecular flexibility index (Phi) is 5.02. The van der Waals surface area contributed by atoms with E-state index in [1.807, 2.05) is 29.2 Å². The molecule has 1 aromatic carbocycles. The van der Waals surface area contributed by atoms with Gasteiger partial charge in [0.15, 0.2) is 0 Å². The molecule has 26 heavy (non-hydrogen) atoms. The predicted octanol–water partition coefficient (Wildman–Crippen LogP) is 2.47. The molecule has 6 heteroatoms. The number of hydrogen-bond donors (Lipinski definition) is 1. The Morgan fingerprint density at radius 3 is 2.65 bits per heavy atom. The number of likely N-dealkylation sites (N-methyl/N-ethyl adjacent to an activating group) is 1. The number of nitrogens with zero attached hydrogens (tertiary/aromatic N) is 4. The molecule has 1 aromatic heterocycles. The van der Waals surface area contributed by atoms with Crippen molar-refractivity contribution in [3.8, 4) is 0 Å². The zero-order chi connectivity index (χ0) is 17.9. The summed E-state index contributed by atoms with van der Waals surface area (Å²) in [7, 11) is 0. The topological polar surface area (TPSA) is 61.4 Å². The smallest absolute Gasteiger partial charge is 0.224 e. The predicted molar refractivity (Wildman–Crippen MR) is 103 cm³/mol. The van der Waals surface area contributed by atoms with Crippen LogP contribution >= 0.6 is 0 Å². The molecule has 1 saturated heterocycles. The van der Waals surface area contributed by atoms with Crippen molar-refractivity contribution in [3.63, 3.8) is 0 Å². The maximum absolute atomic E-state index is 12.5. The number of piperazine rings is 1. The molecule has 0 bridgehead atoms. The van der Waals surface area contributed by atoms with Crippen LogP contribution < -0.4 is 5.32 Å². The summed E-state index contributed by atoms with van der Waals surface area (Å²) in [4.78, 5) is 26.3. The van der Waals surface area contributed by atoms with Gasteiger partial charge in [-0.05, 0) is 31.5 Å². The highest BCUT2D eigenvalue weighted by Gasteiger charge is 2.27. The molecule has 138 valence electrons. The monoisotopic (exact) mass is 353 g/mol. The number of rotatable bonds is 6. The maximum Gasteiger partial charge on any atom is 0.224 e. The minimum absolute atomic E-state index is 0.231. The number of carbonyl (C=O) groups is 1. The number of aromatic nitrogens is 2. The number of benzene rings is 1. The van der Waals surface area contributed by atoms with Crippen molar-refractivity contribution < 1.29 is 4.79 Å². The van der Waals surface area contributed by atoms with E-state index in [1.54, 1.807) is 0 Å². The molecule has 6 nitrogen and oxygen atoms in total. The Morgan fingerprint density at radius 1 is 1.15 bits per heavy atom. The Morgan fingerprint density at radius 2 is 1.92 bits per heavy atom. The number of hydrogen-bond acceptors (Lipinski definition) is 5. The van der Waals surface area contributed by atoms with Crippen LogP contribution in [-0.2, 0) is 4.79 Å². The van der Waals surface area contributed by atoms with Gasteiger partial charge in [0.1, 0.15) is 11.6 Å². The number of nitrogens with one attached hydrogen (secondary N) is 1. The number of anilines is 1. The van der Waals surface area contributed by atoms with Gasteiger partial charge in [0, 0.05) is 50.4 Å². The van der Waals surface area contributed by atoms with Gasteiger partial charge in [-0.15, -0.1) is 0 Å². The fourth-order valence-electron chi connectivity index (χ4n) is 3.51. The largest absolute Gasteiger partial charge is 0.369 e. The van der Waals surface area contributed by atoms with Crippen LogP contribution in [0.3, 0.4) is 0 Å². The standard InChI is InChI=1S/C20H27N5O/c1-2-24-11-13-25(14-12-24)18(26)9-10-21-20-16-5-3-4-6-17(16)22-19(23-20)15-7-8-15/h3-6,15H,2,7-14H2,1H3,(H,21,22,23). The maximum atomic E-state index is 12.5. The first kappa shape index (κ1) is 17.2. The van der Waals surface area contributed by atoms with E-state index in [0.717, 1.165) is 55.3 Å². The molecule has 4 rings (SSSR count). The molecule has 1 saturated carbocycles. The average molecular weight is 353 g/mol. The third-order valence-electron chi connectivity index (χ3n) is 5.37. The number of carbonyl (C=O) groups excluding carboxylic acids is 1. The molecule has 2 aromatic rings. The van der Waals surface area contributed by atoms with Gasteiger partial charge in [-0.1, -0.05) is 19.1 Å². The van der Waals surface area contributed by atoms with E-state index in [-0.39, 0.29) is 5.91 Å². The average Bonchev–Trinajstić information content (AvgIpc) is 3.53. The quantitative estimate of drug-likeness (QED) is 0.864. The van der Waals surface area contributed by atoms with Gasteiger partial charge in [-0.2, -0.15) is 0 Å². The minimum Gasteiger partial charge on any atom is -0.369 e. The van der Waals surface area contributed by atoms with Crippen LogP contribution in [0.15, 0.2) is 24.3 Å². The van der Waals surface area contributed by atoms with Crippen molar-refractivity contribution in [2.24, 2.45) is 0 Å². The second kappa shape index (κ2) is 7.58. The van der Waals surface area contributed by atoms with Gasteiger partial charge < -0.3 is 15.1 Å². The summed E-state index contributed by atoms with van der Waals surface area (Å²) in [5.74, 6) is 2.54. The van der Waals surface area contributed by atoms with Crippen LogP contribution in [0.1, 0.15) is 37.9 Å². The SMILES string of the molecule is CCN1CCN(C(=O)CCNc2nc(C3CC3)nc3ccccc23)CC1. The first-order valence-corrected chi connectivity index (χ1v) is 9.75. The minimum atomic E-state index is 0.231. The van der Waals surface area contributed by atoms with E-state index < -0.39 is 0 Å². The van der Waals surface area contributed by atoms with Crippen molar-refractivity contribution in [3.05, 3.63) is 30.1 Å². The summed E-state index contributed by atoms with van der Waals surface area (Å²) >= 11 is 0. The summed E-state index contributed by atoms with van der Waals surface area (Å²) in [5.41, 5.74) is 0.980. The Hall–Kier alpha value is -2.21. The highest BCUT2D eigenvalue weighted by Crippen LogP contribution is 2.39. The van der Waals surface area contributed by atoms with Gasteiger partial charge >= 0.3 is 0 Å². The zero-order valence-corrected chi connectivity index (χ0v) is 15.4. The first-order chi connectivity index (χ1) is 12.7. The summed E-state index contributed by atoms with van der Waals surface area (Å²) in [6, 6.07) is 8.09. The van der Waals surface area contributed by atoms with Crippen molar-refractivity contribution in [2.45, 2.75) is 32.1 Å². The van der Waals surface area contributed by atoms with E-state index in [1.165, 1.54) is 12.8 Å². The molecule has 2 fully saturated rings. The highest BCUT2D eigenvalue weighted by atomic mass is 16.2. The fraction of sp³-hybridized carbons (Fsp3) is 0.550. The molecule has 1 aliphatic carbocycles. The van der Waals surface area contributed by atoms with E-state index in [4.69, 9.17) is 9.97 Å². The molecule has 1 amide bonds. The third kappa shape index (κ3) is 3.80. The lowest BCUT2D eigenvalue weighted by Gasteiger charge is -2.34. The Balaban J connectivity index is 1.38. The fourth-order valence-corrected chi connectivity index (χ4v) is 3.51. The number of para-hydroxylation sites is 1. The van der Waals surface area contributed by atoms with E-state index in [9.17, 15) is 4.79 Å². The summed E-state index contributed by atoms with van der Waals surface area (Å²) in [6.07, 6.45) is 2.86. The van der Waals surface area contributed by atoms with Gasteiger partial charge in [-0.25, -0.2) is 9.97 Å². The van der Waals surface area contributed by atoms with Crippen molar-refractivity contribution in [1.82, 2.24) is 19.8 Å². The normalized spacial score (nSPS) is 18.3. The van der Waals surface area contributed by atoms with Crippen molar-refractivity contribution >= 4 is 22.6 Å². The van der Waals surface area contributed by atoms with E-state index in [2.05, 4.69) is 17.1 Å². The van der Waals surface area contributed by atoms with E-state index in [0.29, 0.717) is 18.9 Å². The lowest BCUT2D eigenvalue weighted by Crippen LogP contribution is -2.48. The molecule has 1 N–H and O–H groups in total. The van der Waals surface area contributed by atoms with Gasteiger partial charge in [0.2, 0.25) is 5.91 Å². The lowest BCUT2D eigenvalue weighted by molar-refractivity contribution is -0.132. The van der Waals surface area contributed by atoms with Crippen molar-refractivity contribution in [2.75, 3.05) is 44.6 Å². The van der Waals surface area contributed by atoms with Gasteiger partial charge in [0.05, 0.1) is 5.52 Å². The summed E-state index contributed by atoms with van der Waals surface area (Å²) in [5, 5.41) is 4.42. The van der Waals surface area contributed by atoms with E-state index >= 15 is 0 Å². The molecule has 1 aliphatic heterocycles. The van der Waals surface area contributed by atoms with Crippen molar-refractivity contribution in [1.29, 1.82) is 0 Å². The lowest BCUT2D eigenvalue weighted by atomic mass is 10.2. The second-order valence-electron chi connectivity index (χ2n) is 7.21. The molecule has 0 spiro atoms. The molecule has 0 unspecified atom stereocenters. The van der Waals surface area contributed by atoms with Gasteiger partial charge in [0.25, 0.3) is 0 Å². The molecule has 0 radical (unpaired) electrons. The van der Waals surface area contributed by atoms with Crippen LogP contribution in [0.4, 0.5) is 5.82 Å². The highest BCUT2D eigenvalue weighted by molar-refractivity contribution is 5.89. The number of amides is 1. The second-order valence-corrected chi connectivity index (χ2v) is 7.21. The first-order valence-electron chi connectivity index (χ1n) is 9.75. The van der Waals surface area contributed by atoms with Crippen LogP contribution in [0.25, 0.3) is 10.9 Å². The molecule has 2 aliphatic rings. The summed E-state index contributed by atoms with van der Waals surface area (Å²) < 4.78 is 0. The third-order valence-corrected chi connectivity index (χ3v) is 5.37. The molecule has 0 atom stereocenters. The van der Waals surface area contributed by atoms with Crippen LogP contribution in [0.5, 0.6) is 0 Å². The van der Waals surface area contributed by atoms with Crippen LogP contribution in [0.2, 0.25) is 0 Å².